The third-order valence-electron chi connectivity index (χ3n) is 6.99. The second kappa shape index (κ2) is 14.6. The Labute approximate surface area is 262 Å². The molecule has 0 heterocycles. The van der Waals surface area contributed by atoms with E-state index in [1.165, 1.54) is 14.2 Å². The normalized spacial score (nSPS) is 12.6. The highest BCUT2D eigenvalue weighted by Gasteiger charge is 2.32. The molecule has 0 unspecified atom stereocenters. The van der Waals surface area contributed by atoms with E-state index in [0.717, 1.165) is 22.3 Å². The Kier molecular flexibility index (Phi) is 10.7. The smallest absolute Gasteiger partial charge is 0.407 e. The van der Waals surface area contributed by atoms with Crippen molar-refractivity contribution in [1.29, 1.82) is 0 Å². The maximum atomic E-state index is 13.2. The Morgan fingerprint density at radius 1 is 0.889 bits per heavy atom. The molecule has 2 N–H and O–H groups in total. The van der Waals surface area contributed by atoms with Gasteiger partial charge in [0.1, 0.15) is 36.4 Å². The molecule has 0 saturated heterocycles. The fraction of sp³-hybridized carbons (Fsp3) is 0.353. The lowest BCUT2D eigenvalue weighted by molar-refractivity contribution is -0.160. The predicted octanol–water partition coefficient (Wildman–Crippen LogP) is 4.50. The van der Waals surface area contributed by atoms with Crippen LogP contribution in [0.1, 0.15) is 49.8 Å². The molecule has 4 rings (SSSR count). The zero-order valence-electron chi connectivity index (χ0n) is 26.0. The Bertz CT molecular complexity index is 1500. The summed E-state index contributed by atoms with van der Waals surface area (Å²) in [5.74, 6) is -1.31. The monoisotopic (exact) mass is 618 g/mol. The molecule has 0 spiro atoms. The van der Waals surface area contributed by atoms with E-state index in [2.05, 4.69) is 10.6 Å². The van der Waals surface area contributed by atoms with Crippen LogP contribution in [0.25, 0.3) is 11.1 Å². The van der Waals surface area contributed by atoms with E-state index in [4.69, 9.17) is 23.7 Å². The van der Waals surface area contributed by atoms with Crippen LogP contribution >= 0.6 is 0 Å². The summed E-state index contributed by atoms with van der Waals surface area (Å²) in [6, 6.07) is 19.2. The fourth-order valence-corrected chi connectivity index (χ4v) is 4.93. The third-order valence-corrected chi connectivity index (χ3v) is 6.99. The predicted molar refractivity (Wildman–Crippen MR) is 165 cm³/mol. The number of hydrogen-bond donors (Lipinski definition) is 2. The molecule has 11 heteroatoms. The van der Waals surface area contributed by atoms with Gasteiger partial charge < -0.3 is 34.3 Å². The van der Waals surface area contributed by atoms with Gasteiger partial charge in [0, 0.05) is 24.6 Å². The largest absolute Gasteiger partial charge is 0.496 e. The van der Waals surface area contributed by atoms with Crippen molar-refractivity contribution in [2.75, 3.05) is 27.4 Å². The van der Waals surface area contributed by atoms with Gasteiger partial charge in [0.2, 0.25) is 0 Å². The van der Waals surface area contributed by atoms with Crippen LogP contribution in [0.4, 0.5) is 4.79 Å². The van der Waals surface area contributed by atoms with Gasteiger partial charge in [-0.3, -0.25) is 9.59 Å². The zero-order valence-corrected chi connectivity index (χ0v) is 26.0. The molecule has 1 atom stereocenters. The number of carbonyl (C=O) groups is 4. The van der Waals surface area contributed by atoms with Gasteiger partial charge in [-0.1, -0.05) is 48.5 Å². The number of carbonyl (C=O) groups excluding carboxylic acids is 4. The number of rotatable bonds is 12. The van der Waals surface area contributed by atoms with E-state index in [9.17, 15) is 19.2 Å². The number of amides is 2. The first-order valence-corrected chi connectivity index (χ1v) is 14.5. The van der Waals surface area contributed by atoms with Gasteiger partial charge in [-0.2, -0.15) is 0 Å². The highest BCUT2D eigenvalue weighted by atomic mass is 16.6. The first-order chi connectivity index (χ1) is 21.5. The zero-order chi connectivity index (χ0) is 32.6. The van der Waals surface area contributed by atoms with Crippen molar-refractivity contribution in [2.45, 2.75) is 51.4 Å². The van der Waals surface area contributed by atoms with Crippen LogP contribution in [0.2, 0.25) is 0 Å². The number of likely N-dealkylation sites (N-methyl/N-ethyl adjacent to an activating group) is 1. The minimum Gasteiger partial charge on any atom is -0.496 e. The van der Waals surface area contributed by atoms with Gasteiger partial charge in [-0.15, -0.1) is 0 Å². The van der Waals surface area contributed by atoms with Crippen LogP contribution in [-0.2, 0) is 35.2 Å². The summed E-state index contributed by atoms with van der Waals surface area (Å²) in [6.45, 7) is 4.72. The molecule has 45 heavy (non-hydrogen) atoms. The lowest BCUT2D eigenvalue weighted by Gasteiger charge is -2.22. The van der Waals surface area contributed by atoms with Gasteiger partial charge in [0.15, 0.2) is 6.61 Å². The number of ether oxygens (including phenoxy) is 5. The molecule has 2 amide bonds. The molecule has 238 valence electrons. The number of hydrogen-bond acceptors (Lipinski definition) is 9. The number of nitrogens with one attached hydrogen (secondary N) is 2. The molecule has 3 aromatic carbocycles. The summed E-state index contributed by atoms with van der Waals surface area (Å²) in [4.78, 5) is 50.3. The molecule has 1 aliphatic carbocycles. The Morgan fingerprint density at radius 3 is 2.13 bits per heavy atom. The Hall–Kier alpha value is -5.06. The van der Waals surface area contributed by atoms with Gasteiger partial charge in [-0.25, -0.2) is 9.59 Å². The summed E-state index contributed by atoms with van der Waals surface area (Å²) in [5, 5.41) is 4.95. The van der Waals surface area contributed by atoms with Crippen molar-refractivity contribution in [3.8, 4) is 22.6 Å². The number of alkyl carbamates (subject to hydrolysis) is 1. The molecule has 0 aromatic heterocycles. The fourth-order valence-electron chi connectivity index (χ4n) is 4.93. The minimum atomic E-state index is -1.38. The van der Waals surface area contributed by atoms with Gasteiger partial charge >= 0.3 is 18.0 Å². The Morgan fingerprint density at radius 2 is 1.53 bits per heavy atom. The van der Waals surface area contributed by atoms with Crippen LogP contribution < -0.4 is 20.1 Å². The average molecular weight is 619 g/mol. The van der Waals surface area contributed by atoms with Crippen molar-refractivity contribution < 1.29 is 42.9 Å². The SMILES string of the molecule is CNC(=O)COc1ccc(COC(=O)[C@@H](CC(=O)OC(C)(C)C)NC(=O)OCC2c3ccccc3-c3ccccc32)c(OC)c1. The number of benzene rings is 3. The van der Waals surface area contributed by atoms with Crippen LogP contribution in [0, 0.1) is 0 Å². The van der Waals surface area contributed by atoms with Crippen LogP contribution in [-0.4, -0.2) is 63.0 Å². The van der Waals surface area contributed by atoms with E-state index in [-0.39, 0.29) is 31.6 Å². The first-order valence-electron chi connectivity index (χ1n) is 14.5. The number of methoxy groups -OCH3 is 1. The maximum Gasteiger partial charge on any atom is 0.407 e. The molecule has 0 fully saturated rings. The second-order valence-corrected chi connectivity index (χ2v) is 11.4. The number of esters is 2. The highest BCUT2D eigenvalue weighted by molar-refractivity contribution is 5.86. The molecule has 0 aliphatic heterocycles. The lowest BCUT2D eigenvalue weighted by Crippen LogP contribution is -2.44. The standard InChI is InChI=1S/C34H38N2O9/c1-34(2,3)45-31(38)17-28(32(39)43-18-21-14-15-22(16-29(21)41-5)42-20-30(37)35-4)36-33(40)44-19-27-25-12-8-6-10-23(25)24-11-7-9-13-26(24)27/h6-16,27-28H,17-20H2,1-5H3,(H,35,37)(H,36,40)/t28-/m1/s1. The van der Waals surface area contributed by atoms with Gasteiger partial charge in [0.25, 0.3) is 5.91 Å². The Balaban J connectivity index is 1.42. The summed E-state index contributed by atoms with van der Waals surface area (Å²) in [7, 11) is 2.94. The molecule has 0 radical (unpaired) electrons. The van der Waals surface area contributed by atoms with Crippen molar-refractivity contribution in [2.24, 2.45) is 0 Å². The van der Waals surface area contributed by atoms with E-state index in [1.807, 2.05) is 48.5 Å². The lowest BCUT2D eigenvalue weighted by atomic mass is 9.98. The molecule has 3 aromatic rings. The average Bonchev–Trinajstić information content (AvgIpc) is 3.33. The summed E-state index contributed by atoms with van der Waals surface area (Å²) < 4.78 is 27.3. The van der Waals surface area contributed by atoms with Crippen LogP contribution in [0.3, 0.4) is 0 Å². The summed E-state index contributed by atoms with van der Waals surface area (Å²) in [5.41, 5.74) is 3.93. The van der Waals surface area contributed by atoms with Crippen molar-refractivity contribution >= 4 is 23.9 Å². The molecule has 11 nitrogen and oxygen atoms in total. The minimum absolute atomic E-state index is 0.0274. The van der Waals surface area contributed by atoms with Gasteiger partial charge in [-0.05, 0) is 55.2 Å². The molecular formula is C34H38N2O9. The first kappa shape index (κ1) is 32.8. The summed E-state index contributed by atoms with van der Waals surface area (Å²) in [6.07, 6.45) is -1.35. The van der Waals surface area contributed by atoms with Crippen molar-refractivity contribution in [3.05, 3.63) is 83.4 Å². The van der Waals surface area contributed by atoms with Crippen LogP contribution in [0.15, 0.2) is 66.7 Å². The highest BCUT2D eigenvalue weighted by Crippen LogP contribution is 2.44. The quantitative estimate of drug-likeness (QED) is 0.222. The molecule has 0 saturated carbocycles. The van der Waals surface area contributed by atoms with Crippen molar-refractivity contribution in [1.82, 2.24) is 10.6 Å². The topological polar surface area (TPSA) is 138 Å². The van der Waals surface area contributed by atoms with E-state index in [1.54, 1.807) is 39.0 Å². The third kappa shape index (κ3) is 8.75. The van der Waals surface area contributed by atoms with Crippen molar-refractivity contribution in [3.63, 3.8) is 0 Å². The molecule has 1 aliphatic rings. The maximum absolute atomic E-state index is 13.2. The second-order valence-electron chi connectivity index (χ2n) is 11.4. The summed E-state index contributed by atoms with van der Waals surface area (Å²) >= 11 is 0. The van der Waals surface area contributed by atoms with E-state index in [0.29, 0.717) is 17.1 Å². The van der Waals surface area contributed by atoms with E-state index < -0.39 is 36.1 Å². The number of fused-ring (bicyclic) bond motifs is 3. The molecule has 0 bridgehead atoms. The van der Waals surface area contributed by atoms with Crippen LogP contribution in [0.5, 0.6) is 11.5 Å². The van der Waals surface area contributed by atoms with Gasteiger partial charge in [0.05, 0.1) is 13.5 Å². The molecular weight excluding hydrogens is 580 g/mol. The van der Waals surface area contributed by atoms with E-state index >= 15 is 0 Å².